The van der Waals surface area contributed by atoms with Gasteiger partial charge in [-0.2, -0.15) is 0 Å². The van der Waals surface area contributed by atoms with Crippen molar-refractivity contribution in [2.45, 2.75) is 26.8 Å². The number of nitrogens with one attached hydrogen (secondary N) is 1. The van der Waals surface area contributed by atoms with Gasteiger partial charge in [0, 0.05) is 13.5 Å². The van der Waals surface area contributed by atoms with Crippen LogP contribution in [0.5, 0.6) is 0 Å². The number of aromatic nitrogens is 1. The van der Waals surface area contributed by atoms with Crippen molar-refractivity contribution in [1.82, 2.24) is 10.3 Å². The Kier molecular flexibility index (Phi) is 4.82. The van der Waals surface area contributed by atoms with Crippen LogP contribution in [0.15, 0.2) is 30.3 Å². The summed E-state index contributed by atoms with van der Waals surface area (Å²) >= 11 is 1.49. The topological polar surface area (TPSA) is 42.0 Å². The summed E-state index contributed by atoms with van der Waals surface area (Å²) in [5.74, 6) is 0.102. The summed E-state index contributed by atoms with van der Waals surface area (Å²) in [6, 6.07) is 10.4. The molecule has 0 spiro atoms. The van der Waals surface area contributed by atoms with Crippen LogP contribution in [-0.2, 0) is 13.0 Å². The number of carbonyl (C=O) groups excluding carboxylic acids is 1. The quantitative estimate of drug-likeness (QED) is 0.650. The van der Waals surface area contributed by atoms with Gasteiger partial charge in [-0.05, 0) is 25.5 Å². The largest absolute Gasteiger partial charge is 0.310 e. The third-order valence-corrected chi connectivity index (χ3v) is 4.13. The predicted octanol–water partition coefficient (Wildman–Crippen LogP) is 2.99. The molecule has 0 saturated carbocycles. The van der Waals surface area contributed by atoms with E-state index in [1.165, 1.54) is 16.9 Å². The molecule has 1 heterocycles. The van der Waals surface area contributed by atoms with Crippen molar-refractivity contribution in [3.05, 3.63) is 51.5 Å². The van der Waals surface area contributed by atoms with Crippen molar-refractivity contribution in [3.8, 4) is 0 Å². The highest BCUT2D eigenvalue weighted by atomic mass is 32.1. The Morgan fingerprint density at radius 1 is 1.32 bits per heavy atom. The van der Waals surface area contributed by atoms with Gasteiger partial charge in [0.15, 0.2) is 5.78 Å². The second-order valence-electron chi connectivity index (χ2n) is 4.49. The molecule has 0 saturated heterocycles. The summed E-state index contributed by atoms with van der Waals surface area (Å²) in [7, 11) is 0. The number of thiazole rings is 1. The molecule has 0 unspecified atom stereocenters. The number of hydrogen-bond donors (Lipinski definition) is 1. The van der Waals surface area contributed by atoms with E-state index >= 15 is 0 Å². The summed E-state index contributed by atoms with van der Waals surface area (Å²) < 4.78 is 0. The second-order valence-corrected chi connectivity index (χ2v) is 5.57. The van der Waals surface area contributed by atoms with E-state index in [9.17, 15) is 4.79 Å². The van der Waals surface area contributed by atoms with Crippen molar-refractivity contribution in [1.29, 1.82) is 0 Å². The smallest absolute Gasteiger partial charge is 0.171 e. The fraction of sp³-hybridized carbons (Fsp3) is 0.333. The van der Waals surface area contributed by atoms with Crippen LogP contribution in [0.3, 0.4) is 0 Å². The van der Waals surface area contributed by atoms with Crippen molar-refractivity contribution in [3.63, 3.8) is 0 Å². The Bertz CT molecular complexity index is 549. The Balaban J connectivity index is 1.80. The van der Waals surface area contributed by atoms with E-state index in [1.807, 2.05) is 13.0 Å². The molecule has 2 aromatic rings. The van der Waals surface area contributed by atoms with Gasteiger partial charge in [0.1, 0.15) is 5.01 Å². The molecule has 0 bridgehead atoms. The van der Waals surface area contributed by atoms with Gasteiger partial charge in [0.05, 0.1) is 10.6 Å². The molecule has 0 radical (unpaired) electrons. The monoisotopic (exact) mass is 274 g/mol. The highest BCUT2D eigenvalue weighted by molar-refractivity contribution is 7.13. The molecule has 0 amide bonds. The average molecular weight is 274 g/mol. The van der Waals surface area contributed by atoms with Crippen LogP contribution in [0, 0.1) is 6.92 Å². The van der Waals surface area contributed by atoms with Crippen LogP contribution in [0.1, 0.15) is 32.9 Å². The number of carbonyl (C=O) groups is 1. The van der Waals surface area contributed by atoms with E-state index < -0.39 is 0 Å². The Hall–Kier alpha value is -1.52. The molecule has 0 aliphatic carbocycles. The second kappa shape index (κ2) is 6.59. The van der Waals surface area contributed by atoms with Crippen LogP contribution in [-0.4, -0.2) is 17.3 Å². The minimum absolute atomic E-state index is 0.102. The lowest BCUT2D eigenvalue weighted by atomic mass is 10.1. The van der Waals surface area contributed by atoms with Gasteiger partial charge in [0.2, 0.25) is 0 Å². The van der Waals surface area contributed by atoms with Crippen molar-refractivity contribution >= 4 is 17.1 Å². The highest BCUT2D eigenvalue weighted by Crippen LogP contribution is 2.18. The van der Waals surface area contributed by atoms with Crippen LogP contribution in [0.2, 0.25) is 0 Å². The first-order valence-electron chi connectivity index (χ1n) is 6.38. The lowest BCUT2D eigenvalue weighted by molar-refractivity contribution is 0.102. The van der Waals surface area contributed by atoms with Crippen LogP contribution in [0.4, 0.5) is 0 Å². The molecular weight excluding hydrogens is 256 g/mol. The SMILES string of the molecule is CC(=O)c1sc(CNCCc2ccccc2)nc1C. The van der Waals surface area contributed by atoms with Gasteiger partial charge in [-0.3, -0.25) is 4.79 Å². The zero-order valence-electron chi connectivity index (χ0n) is 11.3. The zero-order chi connectivity index (χ0) is 13.7. The van der Waals surface area contributed by atoms with E-state index in [-0.39, 0.29) is 5.78 Å². The maximum Gasteiger partial charge on any atom is 0.171 e. The maximum atomic E-state index is 11.3. The van der Waals surface area contributed by atoms with E-state index in [0.717, 1.165) is 35.1 Å². The molecule has 0 fully saturated rings. The molecule has 1 N–H and O–H groups in total. The number of ketones is 1. The summed E-state index contributed by atoms with van der Waals surface area (Å²) in [5.41, 5.74) is 2.17. The van der Waals surface area contributed by atoms with E-state index in [2.05, 4.69) is 34.6 Å². The molecule has 4 heteroatoms. The minimum Gasteiger partial charge on any atom is -0.310 e. The summed E-state index contributed by atoms with van der Waals surface area (Å²) in [6.07, 6.45) is 1.00. The zero-order valence-corrected chi connectivity index (χ0v) is 12.1. The third kappa shape index (κ3) is 3.98. The normalized spacial score (nSPS) is 10.6. The first-order valence-corrected chi connectivity index (χ1v) is 7.20. The fourth-order valence-electron chi connectivity index (χ4n) is 1.93. The molecule has 0 aliphatic rings. The lowest BCUT2D eigenvalue weighted by Crippen LogP contribution is -2.16. The summed E-state index contributed by atoms with van der Waals surface area (Å²) in [4.78, 5) is 16.5. The van der Waals surface area contributed by atoms with Crippen molar-refractivity contribution < 1.29 is 4.79 Å². The Morgan fingerprint density at radius 3 is 2.68 bits per heavy atom. The van der Waals surface area contributed by atoms with Crippen molar-refractivity contribution in [2.24, 2.45) is 0 Å². The summed E-state index contributed by atoms with van der Waals surface area (Å²) in [6.45, 7) is 5.12. The number of benzene rings is 1. The lowest BCUT2D eigenvalue weighted by Gasteiger charge is -2.02. The number of nitrogens with zero attached hydrogens (tertiary/aromatic N) is 1. The van der Waals surface area contributed by atoms with Gasteiger partial charge >= 0.3 is 0 Å². The van der Waals surface area contributed by atoms with Gasteiger partial charge < -0.3 is 5.32 Å². The van der Waals surface area contributed by atoms with Gasteiger partial charge in [-0.25, -0.2) is 4.98 Å². The van der Waals surface area contributed by atoms with Gasteiger partial charge in [-0.1, -0.05) is 30.3 Å². The molecule has 1 aromatic carbocycles. The Morgan fingerprint density at radius 2 is 2.05 bits per heavy atom. The van der Waals surface area contributed by atoms with E-state index in [4.69, 9.17) is 0 Å². The van der Waals surface area contributed by atoms with Gasteiger partial charge in [-0.15, -0.1) is 11.3 Å². The average Bonchev–Trinajstić information content (AvgIpc) is 2.77. The van der Waals surface area contributed by atoms with Crippen LogP contribution < -0.4 is 5.32 Å². The number of rotatable bonds is 6. The first-order chi connectivity index (χ1) is 9.16. The fourth-order valence-corrected chi connectivity index (χ4v) is 2.86. The first kappa shape index (κ1) is 13.9. The van der Waals surface area contributed by atoms with Crippen molar-refractivity contribution in [2.75, 3.05) is 6.54 Å². The summed E-state index contributed by atoms with van der Waals surface area (Å²) in [5, 5.41) is 4.35. The molecule has 100 valence electrons. The molecule has 19 heavy (non-hydrogen) atoms. The number of Topliss-reactive ketones (excluding diaryl/α,β-unsaturated/α-hetero) is 1. The molecule has 3 nitrogen and oxygen atoms in total. The minimum atomic E-state index is 0.102. The third-order valence-electron chi connectivity index (χ3n) is 2.87. The molecule has 2 rings (SSSR count). The Labute approximate surface area is 117 Å². The standard InChI is InChI=1S/C15H18N2OS/c1-11-15(12(2)18)19-14(17-11)10-16-9-8-13-6-4-3-5-7-13/h3-7,16H,8-10H2,1-2H3. The van der Waals surface area contributed by atoms with Gasteiger partial charge in [0.25, 0.3) is 0 Å². The van der Waals surface area contributed by atoms with Crippen LogP contribution >= 0.6 is 11.3 Å². The number of aryl methyl sites for hydroxylation is 1. The van der Waals surface area contributed by atoms with Crippen LogP contribution in [0.25, 0.3) is 0 Å². The van der Waals surface area contributed by atoms with E-state index in [1.54, 1.807) is 6.92 Å². The maximum absolute atomic E-state index is 11.3. The highest BCUT2D eigenvalue weighted by Gasteiger charge is 2.10. The molecule has 1 aromatic heterocycles. The molecule has 0 aliphatic heterocycles. The number of hydrogen-bond acceptors (Lipinski definition) is 4. The molecular formula is C15H18N2OS. The molecule has 0 atom stereocenters. The predicted molar refractivity (Wildman–Crippen MR) is 78.7 cm³/mol. The van der Waals surface area contributed by atoms with E-state index in [0.29, 0.717) is 0 Å².